The van der Waals surface area contributed by atoms with E-state index in [1.165, 1.54) is 38.4 Å². The van der Waals surface area contributed by atoms with E-state index >= 15 is 0 Å². The van der Waals surface area contributed by atoms with Gasteiger partial charge >= 0.3 is 0 Å². The van der Waals surface area contributed by atoms with Crippen LogP contribution in [0.2, 0.25) is 0 Å². The molecule has 1 atom stereocenters. The van der Waals surface area contributed by atoms with Gasteiger partial charge in [0.2, 0.25) is 10.0 Å². The average Bonchev–Trinajstić information content (AvgIpc) is 2.56. The fourth-order valence-electron chi connectivity index (χ4n) is 2.21. The van der Waals surface area contributed by atoms with Crippen LogP contribution < -0.4 is 4.74 Å². The van der Waals surface area contributed by atoms with E-state index in [4.69, 9.17) is 4.74 Å². The van der Waals surface area contributed by atoms with Gasteiger partial charge in [-0.25, -0.2) is 17.1 Å². The molecule has 130 valence electrons. The van der Waals surface area contributed by atoms with E-state index in [0.29, 0.717) is 16.9 Å². The predicted octanol–water partition coefficient (Wildman–Crippen LogP) is 2.33. The molecule has 2 aromatic rings. The summed E-state index contributed by atoms with van der Waals surface area (Å²) in [5.41, 5.74) is 1.05. The molecule has 0 aromatic heterocycles. The maximum atomic E-state index is 12.9. The minimum Gasteiger partial charge on any atom is -0.497 e. The molecule has 0 radical (unpaired) electrons. The van der Waals surface area contributed by atoms with Crippen LogP contribution in [0.3, 0.4) is 0 Å². The van der Waals surface area contributed by atoms with Crippen molar-refractivity contribution in [2.75, 3.05) is 20.7 Å². The Labute approximate surface area is 141 Å². The monoisotopic (exact) mass is 353 g/mol. The molecule has 0 aliphatic carbocycles. The topological polar surface area (TPSA) is 66.8 Å². The van der Waals surface area contributed by atoms with E-state index in [1.807, 2.05) is 0 Å². The van der Waals surface area contributed by atoms with Gasteiger partial charge in [-0.2, -0.15) is 0 Å². The van der Waals surface area contributed by atoms with Crippen molar-refractivity contribution >= 4 is 10.0 Å². The van der Waals surface area contributed by atoms with Crippen molar-refractivity contribution in [1.29, 1.82) is 0 Å². The highest BCUT2D eigenvalue weighted by atomic mass is 32.2. The number of aliphatic hydroxyl groups is 1. The van der Waals surface area contributed by atoms with Gasteiger partial charge in [0.05, 0.1) is 19.0 Å². The summed E-state index contributed by atoms with van der Waals surface area (Å²) < 4.78 is 43.8. The molecule has 0 fully saturated rings. The third-order valence-electron chi connectivity index (χ3n) is 3.65. The lowest BCUT2D eigenvalue weighted by Gasteiger charge is -2.21. The number of aliphatic hydroxyl groups excluding tert-OH is 1. The molecule has 7 heteroatoms. The molecule has 0 bridgehead atoms. The second kappa shape index (κ2) is 7.74. The van der Waals surface area contributed by atoms with Crippen LogP contribution in [0.15, 0.2) is 48.5 Å². The Morgan fingerprint density at radius 2 is 1.88 bits per heavy atom. The summed E-state index contributed by atoms with van der Waals surface area (Å²) in [6.45, 7) is -0.0866. The molecule has 0 saturated heterocycles. The maximum Gasteiger partial charge on any atom is 0.218 e. The molecular weight excluding hydrogens is 333 g/mol. The molecule has 24 heavy (non-hydrogen) atoms. The number of hydrogen-bond donors (Lipinski definition) is 1. The Bertz CT molecular complexity index is 777. The number of methoxy groups -OCH3 is 1. The van der Waals surface area contributed by atoms with E-state index in [2.05, 4.69) is 0 Å². The van der Waals surface area contributed by atoms with Gasteiger partial charge in [-0.05, 0) is 35.4 Å². The minimum absolute atomic E-state index is 0.0866. The number of likely N-dealkylation sites (N-methyl/N-ethyl adjacent to an activating group) is 1. The predicted molar refractivity (Wildman–Crippen MR) is 89.6 cm³/mol. The van der Waals surface area contributed by atoms with Crippen LogP contribution in [-0.4, -0.2) is 38.5 Å². The van der Waals surface area contributed by atoms with Gasteiger partial charge in [-0.3, -0.25) is 0 Å². The highest BCUT2D eigenvalue weighted by molar-refractivity contribution is 7.88. The van der Waals surface area contributed by atoms with Gasteiger partial charge in [0.25, 0.3) is 0 Å². The first-order chi connectivity index (χ1) is 11.3. The summed E-state index contributed by atoms with van der Waals surface area (Å²) in [7, 11) is -0.702. The first-order valence-electron chi connectivity index (χ1n) is 7.32. The second-order valence-corrected chi connectivity index (χ2v) is 7.53. The molecular formula is C17H20FNO4S. The molecule has 0 aliphatic rings. The number of halogens is 1. The number of ether oxygens (including phenoxy) is 1. The van der Waals surface area contributed by atoms with E-state index in [1.54, 1.807) is 24.3 Å². The molecule has 5 nitrogen and oxygen atoms in total. The number of benzene rings is 2. The van der Waals surface area contributed by atoms with Crippen LogP contribution >= 0.6 is 0 Å². The van der Waals surface area contributed by atoms with Gasteiger partial charge < -0.3 is 9.84 Å². The van der Waals surface area contributed by atoms with Crippen LogP contribution in [0.4, 0.5) is 4.39 Å². The lowest BCUT2D eigenvalue weighted by atomic mass is 10.1. The Balaban J connectivity index is 2.06. The summed E-state index contributed by atoms with van der Waals surface area (Å²) in [5.74, 6) is -0.0875. The largest absolute Gasteiger partial charge is 0.497 e. The first kappa shape index (κ1) is 18.4. The zero-order valence-electron chi connectivity index (χ0n) is 13.5. The van der Waals surface area contributed by atoms with Crippen LogP contribution in [0.5, 0.6) is 5.75 Å². The Morgan fingerprint density at radius 1 is 1.21 bits per heavy atom. The van der Waals surface area contributed by atoms with Crippen molar-refractivity contribution in [3.8, 4) is 5.75 Å². The fraction of sp³-hybridized carbons (Fsp3) is 0.294. The summed E-state index contributed by atoms with van der Waals surface area (Å²) >= 11 is 0. The Hall–Kier alpha value is -1.96. The highest BCUT2D eigenvalue weighted by Gasteiger charge is 2.22. The van der Waals surface area contributed by atoms with Crippen LogP contribution in [0, 0.1) is 5.82 Å². The molecule has 2 aromatic carbocycles. The molecule has 0 saturated carbocycles. The molecule has 0 aliphatic heterocycles. The third-order valence-corrected chi connectivity index (χ3v) is 5.44. The fourth-order valence-corrected chi connectivity index (χ4v) is 3.42. The molecule has 1 unspecified atom stereocenters. The van der Waals surface area contributed by atoms with Crippen molar-refractivity contribution < 1.29 is 22.7 Å². The zero-order valence-corrected chi connectivity index (χ0v) is 14.3. The van der Waals surface area contributed by atoms with Gasteiger partial charge in [-0.1, -0.05) is 24.3 Å². The zero-order chi connectivity index (χ0) is 17.7. The number of sulfonamides is 1. The molecule has 0 spiro atoms. The van der Waals surface area contributed by atoms with Crippen molar-refractivity contribution in [2.24, 2.45) is 0 Å². The molecule has 2 rings (SSSR count). The summed E-state index contributed by atoms with van der Waals surface area (Å²) in [6.07, 6.45) is -0.979. The maximum absolute atomic E-state index is 12.9. The Kier molecular flexibility index (Phi) is 5.93. The smallest absolute Gasteiger partial charge is 0.218 e. The first-order valence-corrected chi connectivity index (χ1v) is 8.93. The van der Waals surface area contributed by atoms with Crippen molar-refractivity contribution in [2.45, 2.75) is 11.9 Å². The molecule has 0 amide bonds. The van der Waals surface area contributed by atoms with E-state index in [-0.39, 0.29) is 12.3 Å². The highest BCUT2D eigenvalue weighted by Crippen LogP contribution is 2.21. The van der Waals surface area contributed by atoms with Crippen molar-refractivity contribution in [1.82, 2.24) is 4.31 Å². The minimum atomic E-state index is -3.63. The van der Waals surface area contributed by atoms with Gasteiger partial charge in [0, 0.05) is 13.6 Å². The third kappa shape index (κ3) is 4.77. The normalized spacial score (nSPS) is 13.0. The standard InChI is InChI=1S/C17H20FNO4S/c1-19(11-17(20)14-4-3-5-16(10-14)23-2)24(21,22)12-13-6-8-15(18)9-7-13/h3-10,17,20H,11-12H2,1-2H3. The van der Waals surface area contributed by atoms with Gasteiger partial charge in [0.1, 0.15) is 11.6 Å². The summed E-state index contributed by atoms with van der Waals surface area (Å²) in [5, 5.41) is 10.3. The molecule has 0 heterocycles. The number of nitrogens with zero attached hydrogens (tertiary/aromatic N) is 1. The summed E-state index contributed by atoms with van der Waals surface area (Å²) in [6, 6.07) is 12.1. The summed E-state index contributed by atoms with van der Waals surface area (Å²) in [4.78, 5) is 0. The van der Waals surface area contributed by atoms with Gasteiger partial charge in [0.15, 0.2) is 0 Å². The van der Waals surface area contributed by atoms with Gasteiger partial charge in [-0.15, -0.1) is 0 Å². The average molecular weight is 353 g/mol. The lowest BCUT2D eigenvalue weighted by Crippen LogP contribution is -2.32. The van der Waals surface area contributed by atoms with E-state index in [0.717, 1.165) is 4.31 Å². The second-order valence-electron chi connectivity index (χ2n) is 5.46. The number of rotatable bonds is 7. The Morgan fingerprint density at radius 3 is 2.50 bits per heavy atom. The molecule has 1 N–H and O–H groups in total. The van der Waals surface area contributed by atoms with Crippen molar-refractivity contribution in [3.63, 3.8) is 0 Å². The quantitative estimate of drug-likeness (QED) is 0.830. The lowest BCUT2D eigenvalue weighted by molar-refractivity contribution is 0.154. The van der Waals surface area contributed by atoms with Crippen LogP contribution in [0.1, 0.15) is 17.2 Å². The number of hydrogen-bond acceptors (Lipinski definition) is 4. The van der Waals surface area contributed by atoms with E-state index < -0.39 is 21.9 Å². The SMILES string of the molecule is COc1cccc(C(O)CN(C)S(=O)(=O)Cc2ccc(F)cc2)c1. The van der Waals surface area contributed by atoms with Crippen LogP contribution in [0.25, 0.3) is 0 Å². The van der Waals surface area contributed by atoms with Crippen molar-refractivity contribution in [3.05, 3.63) is 65.5 Å². The van der Waals surface area contributed by atoms with E-state index in [9.17, 15) is 17.9 Å². The van der Waals surface area contributed by atoms with Crippen LogP contribution in [-0.2, 0) is 15.8 Å².